The summed E-state index contributed by atoms with van der Waals surface area (Å²) in [7, 11) is 0. The smallest absolute Gasteiger partial charge is 0.309 e. The summed E-state index contributed by atoms with van der Waals surface area (Å²) in [5.74, 6) is -0.613. The number of allylic oxidation sites excluding steroid dienone is 2. The summed E-state index contributed by atoms with van der Waals surface area (Å²) in [6.07, 6.45) is 8.47. The molecule has 68 valence electrons. The molecule has 2 nitrogen and oxygen atoms in total. The lowest BCUT2D eigenvalue weighted by Crippen LogP contribution is -2.26. The first-order chi connectivity index (χ1) is 5.71. The highest BCUT2D eigenvalue weighted by atomic mass is 16.4. The van der Waals surface area contributed by atoms with E-state index in [4.69, 9.17) is 5.11 Å². The lowest BCUT2D eigenvalue weighted by Gasteiger charge is -2.21. The van der Waals surface area contributed by atoms with Crippen LogP contribution < -0.4 is 0 Å². The summed E-state index contributed by atoms with van der Waals surface area (Å²) in [5.41, 5.74) is -0.424. The van der Waals surface area contributed by atoms with E-state index in [0.29, 0.717) is 6.42 Å². The minimum atomic E-state index is -0.613. The molecule has 1 N–H and O–H groups in total. The molecule has 0 unspecified atom stereocenters. The van der Waals surface area contributed by atoms with Crippen molar-refractivity contribution in [2.45, 2.75) is 39.0 Å². The number of carbonyl (C=O) groups is 1. The van der Waals surface area contributed by atoms with E-state index in [0.717, 1.165) is 25.7 Å². The Bertz CT molecular complexity index is 188. The summed E-state index contributed by atoms with van der Waals surface area (Å²) >= 11 is 0. The van der Waals surface area contributed by atoms with Crippen LogP contribution in [-0.2, 0) is 4.79 Å². The van der Waals surface area contributed by atoms with Gasteiger partial charge in [-0.1, -0.05) is 25.0 Å². The van der Waals surface area contributed by atoms with E-state index < -0.39 is 11.4 Å². The Morgan fingerprint density at radius 2 is 2.08 bits per heavy atom. The highest BCUT2D eigenvalue weighted by Crippen LogP contribution is 2.41. The first-order valence-corrected chi connectivity index (χ1v) is 4.56. The van der Waals surface area contributed by atoms with Crippen LogP contribution in [0.4, 0.5) is 0 Å². The Balaban J connectivity index is 2.65. The van der Waals surface area contributed by atoms with Gasteiger partial charge in [0.2, 0.25) is 0 Å². The number of aliphatic carboxylic acids is 1. The van der Waals surface area contributed by atoms with Crippen molar-refractivity contribution in [1.82, 2.24) is 0 Å². The van der Waals surface area contributed by atoms with Crippen molar-refractivity contribution >= 4 is 5.97 Å². The van der Waals surface area contributed by atoms with E-state index in [1.165, 1.54) is 0 Å². The van der Waals surface area contributed by atoms with Gasteiger partial charge < -0.3 is 5.11 Å². The molecule has 0 saturated heterocycles. The predicted molar refractivity (Wildman–Crippen MR) is 48.0 cm³/mol. The van der Waals surface area contributed by atoms with E-state index in [1.54, 1.807) is 0 Å². The molecule has 0 aromatic heterocycles. The molecule has 0 aromatic carbocycles. The average molecular weight is 168 g/mol. The average Bonchev–Trinajstić information content (AvgIpc) is 2.50. The van der Waals surface area contributed by atoms with Gasteiger partial charge in [-0.05, 0) is 26.2 Å². The fraction of sp³-hybridized carbons (Fsp3) is 0.700. The van der Waals surface area contributed by atoms with E-state index in [1.807, 2.05) is 19.1 Å². The van der Waals surface area contributed by atoms with Gasteiger partial charge in [0.1, 0.15) is 0 Å². The van der Waals surface area contributed by atoms with Gasteiger partial charge in [0.15, 0.2) is 0 Å². The number of hydrogen-bond donors (Lipinski definition) is 1. The van der Waals surface area contributed by atoms with Gasteiger partial charge in [-0.15, -0.1) is 0 Å². The van der Waals surface area contributed by atoms with Crippen LogP contribution in [0.25, 0.3) is 0 Å². The van der Waals surface area contributed by atoms with Crippen molar-refractivity contribution in [3.63, 3.8) is 0 Å². The quantitative estimate of drug-likeness (QED) is 0.658. The fourth-order valence-corrected chi connectivity index (χ4v) is 1.90. The van der Waals surface area contributed by atoms with Crippen LogP contribution in [-0.4, -0.2) is 11.1 Å². The second-order valence-corrected chi connectivity index (χ2v) is 3.57. The standard InChI is InChI=1S/C10H16O2/c1-2-3-6-10(9(11)12)7-4-5-8-10/h2-3H,4-8H2,1H3,(H,11,12). The Hall–Kier alpha value is -0.790. The molecule has 0 aromatic rings. The molecule has 1 saturated carbocycles. The Morgan fingerprint density at radius 1 is 1.50 bits per heavy atom. The molecule has 0 heterocycles. The molecule has 2 heteroatoms. The normalized spacial score (nSPS) is 21.8. The molecule has 0 amide bonds. The minimum absolute atomic E-state index is 0.424. The van der Waals surface area contributed by atoms with Crippen LogP contribution in [0.1, 0.15) is 39.0 Å². The summed E-state index contributed by atoms with van der Waals surface area (Å²) < 4.78 is 0. The first kappa shape index (κ1) is 9.30. The molecule has 0 bridgehead atoms. The molecular formula is C10H16O2. The lowest BCUT2D eigenvalue weighted by atomic mass is 9.83. The first-order valence-electron chi connectivity index (χ1n) is 4.56. The molecule has 1 fully saturated rings. The lowest BCUT2D eigenvalue weighted by molar-refractivity contribution is -0.148. The maximum absolute atomic E-state index is 11.0. The largest absolute Gasteiger partial charge is 0.481 e. The van der Waals surface area contributed by atoms with Gasteiger partial charge in [-0.25, -0.2) is 0 Å². The Labute approximate surface area is 73.3 Å². The second kappa shape index (κ2) is 3.74. The molecule has 12 heavy (non-hydrogen) atoms. The molecule has 1 aliphatic carbocycles. The Morgan fingerprint density at radius 3 is 2.50 bits per heavy atom. The summed E-state index contributed by atoms with van der Waals surface area (Å²) in [4.78, 5) is 11.0. The monoisotopic (exact) mass is 168 g/mol. The molecule has 0 spiro atoms. The third-order valence-corrected chi connectivity index (χ3v) is 2.76. The summed E-state index contributed by atoms with van der Waals surface area (Å²) in [5, 5.41) is 9.06. The molecule has 0 aliphatic heterocycles. The highest BCUT2D eigenvalue weighted by Gasteiger charge is 2.39. The van der Waals surface area contributed by atoms with Gasteiger partial charge in [0, 0.05) is 0 Å². The van der Waals surface area contributed by atoms with E-state index >= 15 is 0 Å². The van der Waals surface area contributed by atoms with Crippen molar-refractivity contribution < 1.29 is 9.90 Å². The topological polar surface area (TPSA) is 37.3 Å². The fourth-order valence-electron chi connectivity index (χ4n) is 1.90. The zero-order chi connectivity index (χ0) is 9.03. The molecule has 1 aliphatic rings. The summed E-state index contributed by atoms with van der Waals surface area (Å²) in [6, 6.07) is 0. The van der Waals surface area contributed by atoms with Crippen molar-refractivity contribution in [2.24, 2.45) is 5.41 Å². The highest BCUT2D eigenvalue weighted by molar-refractivity contribution is 5.75. The van der Waals surface area contributed by atoms with Gasteiger partial charge in [0.05, 0.1) is 5.41 Å². The van der Waals surface area contributed by atoms with Crippen molar-refractivity contribution in [2.75, 3.05) is 0 Å². The summed E-state index contributed by atoms with van der Waals surface area (Å²) in [6.45, 7) is 1.94. The maximum atomic E-state index is 11.0. The van der Waals surface area contributed by atoms with Crippen LogP contribution in [0, 0.1) is 5.41 Å². The van der Waals surface area contributed by atoms with Crippen LogP contribution >= 0.6 is 0 Å². The number of carboxylic acid groups (broad SMARTS) is 1. The zero-order valence-corrected chi connectivity index (χ0v) is 7.55. The number of hydrogen-bond acceptors (Lipinski definition) is 1. The van der Waals surface area contributed by atoms with Crippen LogP contribution in [0.3, 0.4) is 0 Å². The van der Waals surface area contributed by atoms with Gasteiger partial charge in [-0.2, -0.15) is 0 Å². The van der Waals surface area contributed by atoms with Crippen molar-refractivity contribution in [3.8, 4) is 0 Å². The van der Waals surface area contributed by atoms with Crippen LogP contribution in [0.5, 0.6) is 0 Å². The van der Waals surface area contributed by atoms with Crippen molar-refractivity contribution in [3.05, 3.63) is 12.2 Å². The molecule has 0 atom stereocenters. The zero-order valence-electron chi connectivity index (χ0n) is 7.55. The number of carboxylic acids is 1. The van der Waals surface area contributed by atoms with E-state index in [-0.39, 0.29) is 0 Å². The van der Waals surface area contributed by atoms with Crippen LogP contribution in [0.15, 0.2) is 12.2 Å². The maximum Gasteiger partial charge on any atom is 0.309 e. The predicted octanol–water partition coefficient (Wildman–Crippen LogP) is 2.60. The van der Waals surface area contributed by atoms with Gasteiger partial charge >= 0.3 is 5.97 Å². The molecule has 1 rings (SSSR count). The van der Waals surface area contributed by atoms with Crippen molar-refractivity contribution in [1.29, 1.82) is 0 Å². The molecular weight excluding hydrogens is 152 g/mol. The minimum Gasteiger partial charge on any atom is -0.481 e. The Kier molecular flexibility index (Phi) is 2.90. The number of rotatable bonds is 3. The van der Waals surface area contributed by atoms with Gasteiger partial charge in [-0.3, -0.25) is 4.79 Å². The van der Waals surface area contributed by atoms with Crippen LogP contribution in [0.2, 0.25) is 0 Å². The third kappa shape index (κ3) is 1.68. The van der Waals surface area contributed by atoms with Gasteiger partial charge in [0.25, 0.3) is 0 Å². The molecule has 0 radical (unpaired) electrons. The second-order valence-electron chi connectivity index (χ2n) is 3.57. The SMILES string of the molecule is CC=CCC1(C(=O)O)CCCC1. The van der Waals surface area contributed by atoms with E-state index in [9.17, 15) is 4.79 Å². The third-order valence-electron chi connectivity index (χ3n) is 2.76. The van der Waals surface area contributed by atoms with E-state index in [2.05, 4.69) is 0 Å².